The van der Waals surface area contributed by atoms with Gasteiger partial charge in [0.05, 0.1) is 5.56 Å². The number of carboxylic acid groups (broad SMARTS) is 1. The van der Waals surface area contributed by atoms with Crippen LogP contribution in [0.3, 0.4) is 0 Å². The number of hydrogen-bond acceptors (Lipinski definition) is 1. The molecule has 2 heteroatoms. The SMILES string of the molecule is O=C(O)c1cc(-c2ccccc2)cc2ccccc12. The van der Waals surface area contributed by atoms with Crippen LogP contribution in [-0.4, -0.2) is 11.1 Å². The van der Waals surface area contributed by atoms with E-state index in [9.17, 15) is 9.90 Å². The van der Waals surface area contributed by atoms with Crippen LogP contribution >= 0.6 is 0 Å². The van der Waals surface area contributed by atoms with E-state index >= 15 is 0 Å². The molecule has 0 saturated heterocycles. The molecular weight excluding hydrogens is 236 g/mol. The fourth-order valence-electron chi connectivity index (χ4n) is 2.28. The summed E-state index contributed by atoms with van der Waals surface area (Å²) in [5, 5.41) is 11.1. The Morgan fingerprint density at radius 1 is 0.789 bits per heavy atom. The van der Waals surface area contributed by atoms with Crippen LogP contribution in [0.5, 0.6) is 0 Å². The minimum Gasteiger partial charge on any atom is -0.478 e. The van der Waals surface area contributed by atoms with Crippen LogP contribution in [-0.2, 0) is 0 Å². The van der Waals surface area contributed by atoms with Gasteiger partial charge in [0, 0.05) is 0 Å². The van der Waals surface area contributed by atoms with Gasteiger partial charge < -0.3 is 5.11 Å². The molecule has 3 aromatic rings. The van der Waals surface area contributed by atoms with Crippen LogP contribution < -0.4 is 0 Å². The first-order chi connectivity index (χ1) is 9.25. The first-order valence-electron chi connectivity index (χ1n) is 6.07. The molecule has 2 nitrogen and oxygen atoms in total. The molecule has 0 aliphatic rings. The second-order valence-corrected chi connectivity index (χ2v) is 4.42. The molecule has 0 aliphatic carbocycles. The lowest BCUT2D eigenvalue weighted by Crippen LogP contribution is -1.98. The first kappa shape index (κ1) is 11.5. The molecule has 3 aromatic carbocycles. The lowest BCUT2D eigenvalue weighted by atomic mass is 9.97. The number of rotatable bonds is 2. The van der Waals surface area contributed by atoms with E-state index in [-0.39, 0.29) is 0 Å². The summed E-state index contributed by atoms with van der Waals surface area (Å²) in [7, 11) is 0. The van der Waals surface area contributed by atoms with Gasteiger partial charge in [-0.15, -0.1) is 0 Å². The molecule has 0 amide bonds. The zero-order valence-corrected chi connectivity index (χ0v) is 10.2. The van der Waals surface area contributed by atoms with Crippen molar-refractivity contribution in [3.63, 3.8) is 0 Å². The zero-order chi connectivity index (χ0) is 13.2. The second kappa shape index (κ2) is 4.58. The first-order valence-corrected chi connectivity index (χ1v) is 6.07. The van der Waals surface area contributed by atoms with E-state index in [1.54, 1.807) is 6.07 Å². The molecule has 0 atom stereocenters. The lowest BCUT2D eigenvalue weighted by molar-refractivity contribution is 0.0699. The van der Waals surface area contributed by atoms with E-state index in [1.165, 1.54) is 0 Å². The van der Waals surface area contributed by atoms with Crippen molar-refractivity contribution >= 4 is 16.7 Å². The molecule has 0 spiro atoms. The molecule has 0 heterocycles. The maximum Gasteiger partial charge on any atom is 0.336 e. The highest BCUT2D eigenvalue weighted by molar-refractivity contribution is 6.05. The molecule has 0 radical (unpaired) electrons. The van der Waals surface area contributed by atoms with Crippen molar-refractivity contribution in [1.29, 1.82) is 0 Å². The summed E-state index contributed by atoms with van der Waals surface area (Å²) in [5.41, 5.74) is 2.30. The number of carboxylic acids is 1. The maximum absolute atomic E-state index is 11.4. The molecule has 0 saturated carbocycles. The van der Waals surface area contributed by atoms with E-state index in [1.807, 2.05) is 60.7 Å². The van der Waals surface area contributed by atoms with E-state index in [4.69, 9.17) is 0 Å². The minimum atomic E-state index is -0.894. The highest BCUT2D eigenvalue weighted by atomic mass is 16.4. The maximum atomic E-state index is 11.4. The predicted octanol–water partition coefficient (Wildman–Crippen LogP) is 4.21. The van der Waals surface area contributed by atoms with E-state index in [2.05, 4.69) is 0 Å². The van der Waals surface area contributed by atoms with Crippen LogP contribution in [0.25, 0.3) is 21.9 Å². The fraction of sp³-hybridized carbons (Fsp3) is 0. The molecule has 1 N–H and O–H groups in total. The van der Waals surface area contributed by atoms with Crippen molar-refractivity contribution in [1.82, 2.24) is 0 Å². The predicted molar refractivity (Wildman–Crippen MR) is 76.3 cm³/mol. The molecule has 19 heavy (non-hydrogen) atoms. The average molecular weight is 248 g/mol. The van der Waals surface area contributed by atoms with Crippen LogP contribution in [0.15, 0.2) is 66.7 Å². The number of fused-ring (bicyclic) bond motifs is 1. The zero-order valence-electron chi connectivity index (χ0n) is 10.2. The summed E-state index contributed by atoms with van der Waals surface area (Å²) in [5.74, 6) is -0.894. The average Bonchev–Trinajstić information content (AvgIpc) is 2.47. The highest BCUT2D eigenvalue weighted by Crippen LogP contribution is 2.27. The minimum absolute atomic E-state index is 0.344. The van der Waals surface area contributed by atoms with Crippen molar-refractivity contribution in [2.45, 2.75) is 0 Å². The van der Waals surface area contributed by atoms with Crippen molar-refractivity contribution < 1.29 is 9.90 Å². The Labute approximate surface area is 110 Å². The lowest BCUT2D eigenvalue weighted by Gasteiger charge is -2.07. The van der Waals surface area contributed by atoms with E-state index in [0.717, 1.165) is 21.9 Å². The van der Waals surface area contributed by atoms with Crippen LogP contribution in [0.1, 0.15) is 10.4 Å². The van der Waals surface area contributed by atoms with Gasteiger partial charge in [-0.25, -0.2) is 4.79 Å². The van der Waals surface area contributed by atoms with Crippen molar-refractivity contribution in [3.8, 4) is 11.1 Å². The van der Waals surface area contributed by atoms with Crippen molar-refractivity contribution in [2.24, 2.45) is 0 Å². The Kier molecular flexibility index (Phi) is 2.76. The van der Waals surface area contributed by atoms with Gasteiger partial charge in [-0.05, 0) is 34.0 Å². The standard InChI is InChI=1S/C17H12O2/c18-17(19)16-11-14(12-6-2-1-3-7-12)10-13-8-4-5-9-15(13)16/h1-11H,(H,18,19). The largest absolute Gasteiger partial charge is 0.478 e. The van der Waals surface area contributed by atoms with E-state index in [0.29, 0.717) is 5.56 Å². The number of hydrogen-bond donors (Lipinski definition) is 1. The molecule has 0 unspecified atom stereocenters. The normalized spacial score (nSPS) is 10.5. The summed E-state index contributed by atoms with van der Waals surface area (Å²) in [6.45, 7) is 0. The third-order valence-corrected chi connectivity index (χ3v) is 3.20. The Hall–Kier alpha value is -2.61. The quantitative estimate of drug-likeness (QED) is 0.737. The Balaban J connectivity index is 2.31. The van der Waals surface area contributed by atoms with Crippen molar-refractivity contribution in [2.75, 3.05) is 0 Å². The molecule has 0 aromatic heterocycles. The number of benzene rings is 3. The van der Waals surface area contributed by atoms with Crippen LogP contribution in [0.2, 0.25) is 0 Å². The van der Waals surface area contributed by atoms with Crippen LogP contribution in [0, 0.1) is 0 Å². The molecule has 0 aliphatic heterocycles. The van der Waals surface area contributed by atoms with Gasteiger partial charge in [0.2, 0.25) is 0 Å². The van der Waals surface area contributed by atoms with Gasteiger partial charge in [-0.3, -0.25) is 0 Å². The van der Waals surface area contributed by atoms with E-state index < -0.39 is 5.97 Å². The summed E-state index contributed by atoms with van der Waals surface area (Å²) < 4.78 is 0. The third kappa shape index (κ3) is 2.08. The van der Waals surface area contributed by atoms with Crippen molar-refractivity contribution in [3.05, 3.63) is 72.3 Å². The van der Waals surface area contributed by atoms with Gasteiger partial charge in [0.25, 0.3) is 0 Å². The topological polar surface area (TPSA) is 37.3 Å². The number of aromatic carboxylic acids is 1. The van der Waals surface area contributed by atoms with Gasteiger partial charge in [-0.1, -0.05) is 54.6 Å². The molecule has 92 valence electrons. The molecule has 0 bridgehead atoms. The smallest absolute Gasteiger partial charge is 0.336 e. The summed E-state index contributed by atoms with van der Waals surface area (Å²) in [6, 6.07) is 21.1. The second-order valence-electron chi connectivity index (χ2n) is 4.42. The highest BCUT2D eigenvalue weighted by Gasteiger charge is 2.10. The van der Waals surface area contributed by atoms with Crippen LogP contribution in [0.4, 0.5) is 0 Å². The molecular formula is C17H12O2. The Bertz CT molecular complexity index is 746. The van der Waals surface area contributed by atoms with Gasteiger partial charge >= 0.3 is 5.97 Å². The Morgan fingerprint density at radius 2 is 1.47 bits per heavy atom. The number of carbonyl (C=O) groups is 1. The third-order valence-electron chi connectivity index (χ3n) is 3.20. The summed E-state index contributed by atoms with van der Waals surface area (Å²) in [6.07, 6.45) is 0. The van der Waals surface area contributed by atoms with Gasteiger partial charge in [0.15, 0.2) is 0 Å². The van der Waals surface area contributed by atoms with Gasteiger partial charge in [0.1, 0.15) is 0 Å². The fourth-order valence-corrected chi connectivity index (χ4v) is 2.28. The summed E-state index contributed by atoms with van der Waals surface area (Å²) >= 11 is 0. The molecule has 3 rings (SSSR count). The summed E-state index contributed by atoms with van der Waals surface area (Å²) in [4.78, 5) is 11.4. The Morgan fingerprint density at radius 3 is 2.21 bits per heavy atom. The monoisotopic (exact) mass is 248 g/mol. The van der Waals surface area contributed by atoms with Gasteiger partial charge in [-0.2, -0.15) is 0 Å². The molecule has 0 fully saturated rings.